The van der Waals surface area contributed by atoms with E-state index in [2.05, 4.69) is 0 Å². The first-order chi connectivity index (χ1) is 4.70. The molecule has 2 atom stereocenters. The van der Waals surface area contributed by atoms with Crippen LogP contribution in [0.5, 0.6) is 0 Å². The van der Waals surface area contributed by atoms with Gasteiger partial charge in [0.25, 0.3) is 0 Å². The first-order valence-electron chi connectivity index (χ1n) is 3.51. The molecule has 2 nitrogen and oxygen atoms in total. The zero-order chi connectivity index (χ0) is 7.56. The lowest BCUT2D eigenvalue weighted by Gasteiger charge is -2.23. The molecule has 1 fully saturated rings. The standard InChI is InChI=1S/C7H11ClO2/c1-5-2-3-6(4-10-5)7(8)9/h5-6H,2-4H2,1H3. The molecule has 0 saturated carbocycles. The molecule has 0 aromatic carbocycles. The monoisotopic (exact) mass is 162 g/mol. The fourth-order valence-corrected chi connectivity index (χ4v) is 1.23. The second kappa shape index (κ2) is 3.35. The van der Waals surface area contributed by atoms with E-state index >= 15 is 0 Å². The maximum absolute atomic E-state index is 10.6. The van der Waals surface area contributed by atoms with Gasteiger partial charge in [-0.2, -0.15) is 0 Å². The van der Waals surface area contributed by atoms with Crippen molar-refractivity contribution in [1.29, 1.82) is 0 Å². The summed E-state index contributed by atoms with van der Waals surface area (Å²) >= 11 is 5.29. The van der Waals surface area contributed by atoms with E-state index in [0.717, 1.165) is 12.8 Å². The summed E-state index contributed by atoms with van der Waals surface area (Å²) < 4.78 is 5.25. The summed E-state index contributed by atoms with van der Waals surface area (Å²) in [5, 5.41) is -0.257. The highest BCUT2D eigenvalue weighted by molar-refractivity contribution is 6.64. The van der Waals surface area contributed by atoms with Crippen molar-refractivity contribution < 1.29 is 9.53 Å². The van der Waals surface area contributed by atoms with Gasteiger partial charge in [-0.15, -0.1) is 0 Å². The fourth-order valence-electron chi connectivity index (χ4n) is 1.06. The summed E-state index contributed by atoms with van der Waals surface area (Å²) in [6, 6.07) is 0. The van der Waals surface area contributed by atoms with Crippen LogP contribution in [0.1, 0.15) is 19.8 Å². The van der Waals surface area contributed by atoms with E-state index in [1.165, 1.54) is 0 Å². The molecule has 1 heterocycles. The van der Waals surface area contributed by atoms with Crippen LogP contribution in [0.3, 0.4) is 0 Å². The molecule has 0 amide bonds. The predicted octanol–water partition coefficient (Wildman–Crippen LogP) is 1.57. The highest BCUT2D eigenvalue weighted by atomic mass is 35.5. The van der Waals surface area contributed by atoms with Crippen molar-refractivity contribution in [3.63, 3.8) is 0 Å². The Hall–Kier alpha value is -0.0800. The fraction of sp³-hybridized carbons (Fsp3) is 0.857. The molecule has 1 aliphatic rings. The van der Waals surface area contributed by atoms with Crippen LogP contribution < -0.4 is 0 Å². The topological polar surface area (TPSA) is 26.3 Å². The van der Waals surface area contributed by atoms with Gasteiger partial charge in [-0.3, -0.25) is 4.79 Å². The minimum Gasteiger partial charge on any atom is -0.378 e. The quantitative estimate of drug-likeness (QED) is 0.547. The molecule has 58 valence electrons. The molecule has 1 rings (SSSR count). The van der Waals surface area contributed by atoms with E-state index in [4.69, 9.17) is 16.3 Å². The molecular formula is C7H11ClO2. The molecule has 0 aliphatic carbocycles. The molecule has 10 heavy (non-hydrogen) atoms. The maximum Gasteiger partial charge on any atom is 0.227 e. The van der Waals surface area contributed by atoms with Gasteiger partial charge >= 0.3 is 0 Å². The van der Waals surface area contributed by atoms with E-state index in [1.54, 1.807) is 0 Å². The van der Waals surface area contributed by atoms with Gasteiger partial charge in [0.1, 0.15) is 0 Å². The lowest BCUT2D eigenvalue weighted by molar-refractivity contribution is -0.120. The van der Waals surface area contributed by atoms with Gasteiger partial charge in [-0.25, -0.2) is 0 Å². The van der Waals surface area contributed by atoms with Crippen LogP contribution >= 0.6 is 11.6 Å². The van der Waals surface area contributed by atoms with Crippen LogP contribution in [-0.4, -0.2) is 18.0 Å². The van der Waals surface area contributed by atoms with E-state index in [1.807, 2.05) is 6.92 Å². The van der Waals surface area contributed by atoms with E-state index in [9.17, 15) is 4.79 Å². The van der Waals surface area contributed by atoms with Crippen molar-refractivity contribution >= 4 is 16.8 Å². The van der Waals surface area contributed by atoms with Gasteiger partial charge in [0.15, 0.2) is 0 Å². The van der Waals surface area contributed by atoms with E-state index < -0.39 is 0 Å². The molecule has 2 unspecified atom stereocenters. The predicted molar refractivity (Wildman–Crippen MR) is 39.0 cm³/mol. The normalized spacial score (nSPS) is 33.8. The Bertz CT molecular complexity index is 128. The van der Waals surface area contributed by atoms with Crippen LogP contribution in [0.15, 0.2) is 0 Å². The Kier molecular flexibility index (Phi) is 2.69. The second-order valence-corrected chi connectivity index (χ2v) is 3.09. The molecule has 0 bridgehead atoms. The molecule has 0 N–H and O–H groups in total. The van der Waals surface area contributed by atoms with Crippen molar-refractivity contribution in [3.05, 3.63) is 0 Å². The summed E-state index contributed by atoms with van der Waals surface area (Å²) in [5.41, 5.74) is 0. The third-order valence-electron chi connectivity index (χ3n) is 1.82. The molecule has 3 heteroatoms. The Labute approximate surface area is 65.5 Å². The number of hydrogen-bond donors (Lipinski definition) is 0. The number of carbonyl (C=O) groups excluding carboxylic acids is 1. The summed E-state index contributed by atoms with van der Waals surface area (Å²) in [4.78, 5) is 10.6. The maximum atomic E-state index is 10.6. The molecule has 1 aliphatic heterocycles. The Morgan fingerprint density at radius 3 is 2.70 bits per heavy atom. The van der Waals surface area contributed by atoms with Crippen molar-refractivity contribution in [2.75, 3.05) is 6.61 Å². The molecular weight excluding hydrogens is 152 g/mol. The van der Waals surface area contributed by atoms with E-state index in [-0.39, 0.29) is 11.2 Å². The van der Waals surface area contributed by atoms with Crippen LogP contribution in [0.4, 0.5) is 0 Å². The minimum absolute atomic E-state index is 0.0575. The lowest BCUT2D eigenvalue weighted by Crippen LogP contribution is -2.26. The van der Waals surface area contributed by atoms with E-state index in [0.29, 0.717) is 12.7 Å². The first-order valence-corrected chi connectivity index (χ1v) is 3.89. The van der Waals surface area contributed by atoms with Crippen molar-refractivity contribution in [2.45, 2.75) is 25.9 Å². The first kappa shape index (κ1) is 8.02. The Morgan fingerprint density at radius 1 is 1.60 bits per heavy atom. The van der Waals surface area contributed by atoms with Gasteiger partial charge in [0.05, 0.1) is 18.6 Å². The number of ether oxygens (including phenoxy) is 1. The van der Waals surface area contributed by atoms with Gasteiger partial charge < -0.3 is 4.74 Å². The summed E-state index contributed by atoms with van der Waals surface area (Å²) in [6.07, 6.45) is 2.12. The average Bonchev–Trinajstić information content (AvgIpc) is 1.88. The van der Waals surface area contributed by atoms with Crippen LogP contribution in [0.2, 0.25) is 0 Å². The summed E-state index contributed by atoms with van der Waals surface area (Å²) in [7, 11) is 0. The zero-order valence-corrected chi connectivity index (χ0v) is 6.73. The van der Waals surface area contributed by atoms with Crippen LogP contribution in [0.25, 0.3) is 0 Å². The largest absolute Gasteiger partial charge is 0.378 e. The van der Waals surface area contributed by atoms with Crippen molar-refractivity contribution in [2.24, 2.45) is 5.92 Å². The number of rotatable bonds is 1. The smallest absolute Gasteiger partial charge is 0.227 e. The SMILES string of the molecule is CC1CCC(C(=O)Cl)CO1. The van der Waals surface area contributed by atoms with Crippen molar-refractivity contribution in [1.82, 2.24) is 0 Å². The van der Waals surface area contributed by atoms with Crippen LogP contribution in [-0.2, 0) is 9.53 Å². The molecule has 0 aromatic heterocycles. The third-order valence-corrected chi connectivity index (χ3v) is 2.13. The number of hydrogen-bond acceptors (Lipinski definition) is 2. The van der Waals surface area contributed by atoms with Crippen LogP contribution in [0, 0.1) is 5.92 Å². The highest BCUT2D eigenvalue weighted by Crippen LogP contribution is 2.20. The highest BCUT2D eigenvalue weighted by Gasteiger charge is 2.22. The Balaban J connectivity index is 2.33. The molecule has 0 radical (unpaired) electrons. The number of carbonyl (C=O) groups is 1. The van der Waals surface area contributed by atoms with Gasteiger partial charge in [-0.05, 0) is 31.4 Å². The van der Waals surface area contributed by atoms with Gasteiger partial charge in [-0.1, -0.05) is 0 Å². The van der Waals surface area contributed by atoms with Gasteiger partial charge in [0.2, 0.25) is 5.24 Å². The molecule has 1 saturated heterocycles. The second-order valence-electron chi connectivity index (χ2n) is 2.72. The lowest BCUT2D eigenvalue weighted by atomic mass is 10.0. The molecule has 0 aromatic rings. The summed E-state index contributed by atoms with van der Waals surface area (Å²) in [5.74, 6) is -0.0575. The van der Waals surface area contributed by atoms with Crippen molar-refractivity contribution in [3.8, 4) is 0 Å². The Morgan fingerprint density at radius 2 is 2.30 bits per heavy atom. The van der Waals surface area contributed by atoms with Gasteiger partial charge in [0, 0.05) is 0 Å². The zero-order valence-electron chi connectivity index (χ0n) is 5.97. The summed E-state index contributed by atoms with van der Waals surface area (Å²) in [6.45, 7) is 2.51. The average molecular weight is 163 g/mol. The minimum atomic E-state index is -0.257. The molecule has 0 spiro atoms. The number of halogens is 1. The third kappa shape index (κ3) is 1.96.